The summed E-state index contributed by atoms with van der Waals surface area (Å²) in [5.41, 5.74) is 0. The summed E-state index contributed by atoms with van der Waals surface area (Å²) in [6.45, 7) is 0. The maximum Gasteiger partial charge on any atom is 0.389 e. The second-order valence-electron chi connectivity index (χ2n) is 2.28. The van der Waals surface area contributed by atoms with Gasteiger partial charge in [-0.25, -0.2) is 9.97 Å². The fourth-order valence-corrected chi connectivity index (χ4v) is 0.713. The van der Waals surface area contributed by atoms with Gasteiger partial charge in [-0.2, -0.15) is 13.2 Å². The molecular formula is C7H7F3N2. The van der Waals surface area contributed by atoms with Crippen LogP contribution in [0.25, 0.3) is 0 Å². The lowest BCUT2D eigenvalue weighted by Crippen LogP contribution is -2.09. The maximum atomic E-state index is 11.7. The predicted octanol–water partition coefficient (Wildman–Crippen LogP) is 1.97. The topological polar surface area (TPSA) is 25.8 Å². The lowest BCUT2D eigenvalue weighted by atomic mass is 10.3. The van der Waals surface area contributed by atoms with Crippen LogP contribution in [-0.2, 0) is 6.42 Å². The number of hydrogen-bond acceptors (Lipinski definition) is 2. The van der Waals surface area contributed by atoms with Crippen LogP contribution in [0, 0.1) is 0 Å². The van der Waals surface area contributed by atoms with Crippen LogP contribution in [0.15, 0.2) is 18.5 Å². The number of nitrogens with zero attached hydrogens (tertiary/aromatic N) is 2. The van der Waals surface area contributed by atoms with E-state index in [1.165, 1.54) is 12.4 Å². The number of halogens is 3. The number of hydrogen-bond donors (Lipinski definition) is 0. The lowest BCUT2D eigenvalue weighted by molar-refractivity contribution is -0.134. The van der Waals surface area contributed by atoms with E-state index in [0.717, 1.165) is 0 Å². The average Bonchev–Trinajstić information content (AvgIpc) is 2.02. The van der Waals surface area contributed by atoms with Gasteiger partial charge in [0.05, 0.1) is 6.42 Å². The van der Waals surface area contributed by atoms with E-state index in [4.69, 9.17) is 0 Å². The van der Waals surface area contributed by atoms with Gasteiger partial charge in [0.2, 0.25) is 0 Å². The molecule has 0 saturated carbocycles. The van der Waals surface area contributed by atoms with Gasteiger partial charge in [-0.3, -0.25) is 0 Å². The van der Waals surface area contributed by atoms with Crippen LogP contribution in [0.5, 0.6) is 0 Å². The highest BCUT2D eigenvalue weighted by molar-refractivity contribution is 4.88. The van der Waals surface area contributed by atoms with Crippen molar-refractivity contribution in [2.75, 3.05) is 0 Å². The average molecular weight is 176 g/mol. The van der Waals surface area contributed by atoms with Crippen LogP contribution in [-0.4, -0.2) is 16.1 Å². The van der Waals surface area contributed by atoms with Gasteiger partial charge in [0.15, 0.2) is 0 Å². The standard InChI is InChI=1S/C7H7F3N2/c8-7(9,10)3-2-6-11-4-1-5-12-6/h1,4-5H,2-3H2. The molecule has 0 saturated heterocycles. The van der Waals surface area contributed by atoms with Crippen LogP contribution >= 0.6 is 0 Å². The van der Waals surface area contributed by atoms with Gasteiger partial charge in [-0.1, -0.05) is 0 Å². The molecule has 2 nitrogen and oxygen atoms in total. The molecule has 0 radical (unpaired) electrons. The van der Waals surface area contributed by atoms with Crippen molar-refractivity contribution in [2.45, 2.75) is 19.0 Å². The van der Waals surface area contributed by atoms with E-state index in [-0.39, 0.29) is 12.2 Å². The first-order chi connectivity index (χ1) is 5.58. The van der Waals surface area contributed by atoms with Crippen molar-refractivity contribution in [3.05, 3.63) is 24.3 Å². The Morgan fingerprint density at radius 1 is 1.17 bits per heavy atom. The largest absolute Gasteiger partial charge is 0.389 e. The molecule has 1 aromatic rings. The second-order valence-corrected chi connectivity index (χ2v) is 2.28. The van der Waals surface area contributed by atoms with Gasteiger partial charge in [-0.15, -0.1) is 0 Å². The molecule has 1 rings (SSSR count). The number of aryl methyl sites for hydroxylation is 1. The highest BCUT2D eigenvalue weighted by atomic mass is 19.4. The third kappa shape index (κ3) is 3.32. The molecule has 0 bridgehead atoms. The summed E-state index contributed by atoms with van der Waals surface area (Å²) in [4.78, 5) is 7.34. The molecular weight excluding hydrogens is 169 g/mol. The molecule has 0 atom stereocenters. The minimum Gasteiger partial charge on any atom is -0.241 e. The number of alkyl halides is 3. The van der Waals surface area contributed by atoms with Crippen molar-refractivity contribution < 1.29 is 13.2 Å². The predicted molar refractivity (Wildman–Crippen MR) is 36.4 cm³/mol. The Morgan fingerprint density at radius 3 is 2.25 bits per heavy atom. The van der Waals surface area contributed by atoms with Gasteiger partial charge in [-0.05, 0) is 6.07 Å². The van der Waals surface area contributed by atoms with Crippen LogP contribution in [0.3, 0.4) is 0 Å². The van der Waals surface area contributed by atoms with Crippen molar-refractivity contribution in [3.63, 3.8) is 0 Å². The Kier molecular flexibility index (Phi) is 2.62. The summed E-state index contributed by atoms with van der Waals surface area (Å²) in [7, 11) is 0. The second kappa shape index (κ2) is 3.51. The zero-order chi connectivity index (χ0) is 9.03. The van der Waals surface area contributed by atoms with Crippen LogP contribution < -0.4 is 0 Å². The molecule has 12 heavy (non-hydrogen) atoms. The van der Waals surface area contributed by atoms with Crippen molar-refractivity contribution >= 4 is 0 Å². The van der Waals surface area contributed by atoms with Gasteiger partial charge in [0, 0.05) is 18.8 Å². The summed E-state index contributed by atoms with van der Waals surface area (Å²) in [5.74, 6) is 0.231. The summed E-state index contributed by atoms with van der Waals surface area (Å²) >= 11 is 0. The molecule has 0 amide bonds. The molecule has 0 aliphatic heterocycles. The maximum absolute atomic E-state index is 11.7. The van der Waals surface area contributed by atoms with E-state index in [9.17, 15) is 13.2 Å². The molecule has 0 N–H and O–H groups in total. The summed E-state index contributed by atoms with van der Waals surface area (Å²) < 4.78 is 35.1. The highest BCUT2D eigenvalue weighted by Crippen LogP contribution is 2.20. The smallest absolute Gasteiger partial charge is 0.241 e. The summed E-state index contributed by atoms with van der Waals surface area (Å²) in [5, 5.41) is 0. The molecule has 0 aliphatic carbocycles. The molecule has 66 valence electrons. The molecule has 1 aromatic heterocycles. The van der Waals surface area contributed by atoms with Crippen LogP contribution in [0.2, 0.25) is 0 Å². The third-order valence-corrected chi connectivity index (χ3v) is 1.25. The zero-order valence-corrected chi connectivity index (χ0v) is 6.17. The molecule has 0 spiro atoms. The Bertz CT molecular complexity index is 232. The monoisotopic (exact) mass is 176 g/mol. The van der Waals surface area contributed by atoms with E-state index in [1.807, 2.05) is 0 Å². The van der Waals surface area contributed by atoms with Crippen LogP contribution in [0.4, 0.5) is 13.2 Å². The fourth-order valence-electron chi connectivity index (χ4n) is 0.713. The van der Waals surface area contributed by atoms with E-state index >= 15 is 0 Å². The van der Waals surface area contributed by atoms with Crippen molar-refractivity contribution in [3.8, 4) is 0 Å². The van der Waals surface area contributed by atoms with Gasteiger partial charge >= 0.3 is 6.18 Å². The molecule has 0 aromatic carbocycles. The first kappa shape index (κ1) is 8.96. The Balaban J connectivity index is 2.44. The number of rotatable bonds is 2. The minimum absolute atomic E-state index is 0.148. The van der Waals surface area contributed by atoms with Gasteiger partial charge < -0.3 is 0 Å². The van der Waals surface area contributed by atoms with Crippen molar-refractivity contribution in [2.24, 2.45) is 0 Å². The normalized spacial score (nSPS) is 11.6. The number of aromatic nitrogens is 2. The van der Waals surface area contributed by atoms with Gasteiger partial charge in [0.25, 0.3) is 0 Å². The Hall–Kier alpha value is -1.13. The third-order valence-electron chi connectivity index (χ3n) is 1.25. The molecule has 0 unspecified atom stereocenters. The van der Waals surface area contributed by atoms with Crippen LogP contribution in [0.1, 0.15) is 12.2 Å². The SMILES string of the molecule is FC(F)(F)CCc1ncccn1. The highest BCUT2D eigenvalue weighted by Gasteiger charge is 2.26. The van der Waals surface area contributed by atoms with Crippen molar-refractivity contribution in [1.82, 2.24) is 9.97 Å². The summed E-state index contributed by atoms with van der Waals surface area (Å²) in [6.07, 6.45) is -2.28. The quantitative estimate of drug-likeness (QED) is 0.688. The first-order valence-corrected chi connectivity index (χ1v) is 3.40. The minimum atomic E-state index is -4.13. The lowest BCUT2D eigenvalue weighted by Gasteiger charge is -2.03. The summed E-state index contributed by atoms with van der Waals surface area (Å²) in [6, 6.07) is 1.57. The van der Waals surface area contributed by atoms with E-state index in [1.54, 1.807) is 6.07 Å². The van der Waals surface area contributed by atoms with E-state index in [0.29, 0.717) is 0 Å². The first-order valence-electron chi connectivity index (χ1n) is 3.40. The van der Waals surface area contributed by atoms with E-state index in [2.05, 4.69) is 9.97 Å². The fraction of sp³-hybridized carbons (Fsp3) is 0.429. The zero-order valence-electron chi connectivity index (χ0n) is 6.17. The Labute approximate surface area is 67.5 Å². The molecule has 5 heteroatoms. The van der Waals surface area contributed by atoms with Gasteiger partial charge in [0.1, 0.15) is 5.82 Å². The van der Waals surface area contributed by atoms with E-state index < -0.39 is 12.6 Å². The molecule has 0 aliphatic rings. The molecule has 0 fully saturated rings. The Morgan fingerprint density at radius 2 is 1.75 bits per heavy atom. The van der Waals surface area contributed by atoms with Crippen molar-refractivity contribution in [1.29, 1.82) is 0 Å². The molecule has 1 heterocycles.